The molecule has 0 fully saturated rings. The first-order valence-corrected chi connectivity index (χ1v) is 25.4. The number of fused-ring (bicyclic) bond motifs is 2. The van der Waals surface area contributed by atoms with Gasteiger partial charge in [0.2, 0.25) is 0 Å². The second kappa shape index (κ2) is 19.0. The minimum Gasteiger partial charge on any atom is -0.310 e. The van der Waals surface area contributed by atoms with Crippen LogP contribution in [0.25, 0.3) is 66.9 Å². The fourth-order valence-electron chi connectivity index (χ4n) is 10.6. The zero-order chi connectivity index (χ0) is 49.6. The second-order valence-corrected chi connectivity index (χ2v) is 19.8. The van der Waals surface area contributed by atoms with Crippen molar-refractivity contribution in [3.8, 4) is 0 Å². The molecule has 0 saturated heterocycles. The van der Waals surface area contributed by atoms with Crippen LogP contribution in [0, 0.1) is 34.6 Å². The molecular weight excluding hydrogens is 881 g/mol. The summed E-state index contributed by atoms with van der Waals surface area (Å²) in [5.41, 5.74) is 20.1. The molecule has 0 amide bonds. The average molecular weight is 937 g/mol. The van der Waals surface area contributed by atoms with Crippen LogP contribution in [0.1, 0.15) is 55.6 Å². The van der Waals surface area contributed by atoms with Crippen LogP contribution in [0.3, 0.4) is 0 Å². The van der Waals surface area contributed by atoms with Crippen LogP contribution in [0.4, 0.5) is 34.1 Å². The first-order chi connectivity index (χ1) is 35.7. The van der Waals surface area contributed by atoms with Crippen LogP contribution in [-0.2, 0) is 0 Å². The zero-order valence-corrected chi connectivity index (χ0v) is 42.1. The van der Waals surface area contributed by atoms with E-state index < -0.39 is 0 Å². The third kappa shape index (κ3) is 8.72. The molecule has 0 aliphatic carbocycles. The Labute approximate surface area is 429 Å². The monoisotopic (exact) mass is 936 g/mol. The minimum atomic E-state index is 1.10. The van der Waals surface area contributed by atoms with Crippen molar-refractivity contribution in [2.45, 2.75) is 34.6 Å². The van der Waals surface area contributed by atoms with Crippen molar-refractivity contribution in [3.05, 3.63) is 286 Å². The molecule has 0 radical (unpaired) electrons. The van der Waals surface area contributed by atoms with Crippen molar-refractivity contribution in [3.63, 3.8) is 0 Å². The SMILES string of the molecule is Cc1ccc(C=Cc2ccc(N(c3ccc(C)cc3)c3ccc4c5ccc(N(c6ccc(C)cc6)c6ccc(C=C(c7ccc(C)cc7)c7ccc(C)cc7)cc6)c6cccc(c7cccc3c74)c65)cc2)cc1. The number of aryl methyl sites for hydroxylation is 5. The molecule has 0 N–H and O–H groups in total. The van der Waals surface area contributed by atoms with Crippen LogP contribution in [0.5, 0.6) is 0 Å². The van der Waals surface area contributed by atoms with Gasteiger partial charge in [-0.1, -0.05) is 210 Å². The molecule has 0 saturated carbocycles. The molecule has 0 unspecified atom stereocenters. The van der Waals surface area contributed by atoms with Crippen molar-refractivity contribution in [1.82, 2.24) is 0 Å². The van der Waals surface area contributed by atoms with E-state index in [1.54, 1.807) is 0 Å². The molecule has 0 heterocycles. The number of benzene rings is 12. The molecular formula is C71H56N2. The summed E-state index contributed by atoms with van der Waals surface area (Å²) >= 11 is 0. The molecule has 2 heteroatoms. The number of nitrogens with zero attached hydrogens (tertiary/aromatic N) is 2. The summed E-state index contributed by atoms with van der Waals surface area (Å²) in [6, 6.07) is 85.3. The number of hydrogen-bond acceptors (Lipinski definition) is 2. The highest BCUT2D eigenvalue weighted by molar-refractivity contribution is 6.35. The van der Waals surface area contributed by atoms with Crippen LogP contribution >= 0.6 is 0 Å². The standard InChI is InChI=1S/C71H56N2/c1-47-12-22-52(23-13-47)24-25-53-26-38-59(39-27-53)72(57-34-18-50(4)19-35-57)68-44-42-63-64-43-45-69(66-11-7-9-62(71(64)66)61-8-6-10-65(68)70(61)63)73(58-36-20-51(5)21-37-58)60-40-28-54(29-41-60)46-67(55-30-14-48(2)15-31-55)56-32-16-49(3)17-33-56/h6-46H,1-5H3. The van der Waals surface area contributed by atoms with E-state index in [1.165, 1.54) is 93.2 Å². The second-order valence-electron chi connectivity index (χ2n) is 19.8. The van der Waals surface area contributed by atoms with Crippen molar-refractivity contribution >= 4 is 101 Å². The summed E-state index contributed by atoms with van der Waals surface area (Å²) in [5.74, 6) is 0. The third-order valence-corrected chi connectivity index (χ3v) is 14.6. The van der Waals surface area contributed by atoms with Gasteiger partial charge in [0.1, 0.15) is 0 Å². The third-order valence-electron chi connectivity index (χ3n) is 14.6. The highest BCUT2D eigenvalue weighted by atomic mass is 15.1. The van der Waals surface area contributed by atoms with E-state index in [9.17, 15) is 0 Å². The molecule has 0 bridgehead atoms. The van der Waals surface area contributed by atoms with E-state index in [-0.39, 0.29) is 0 Å². The summed E-state index contributed by atoms with van der Waals surface area (Å²) in [5, 5.41) is 9.98. The summed E-state index contributed by atoms with van der Waals surface area (Å²) in [7, 11) is 0. The Bertz CT molecular complexity index is 3930. The van der Waals surface area contributed by atoms with E-state index in [0.717, 1.165) is 45.3 Å². The zero-order valence-electron chi connectivity index (χ0n) is 42.1. The van der Waals surface area contributed by atoms with E-state index in [0.29, 0.717) is 0 Å². The highest BCUT2D eigenvalue weighted by Gasteiger charge is 2.23. The summed E-state index contributed by atoms with van der Waals surface area (Å²) in [4.78, 5) is 4.85. The Morgan fingerprint density at radius 1 is 0.274 bits per heavy atom. The topological polar surface area (TPSA) is 6.48 Å². The highest BCUT2D eigenvalue weighted by Crippen LogP contribution is 2.49. The number of hydrogen-bond donors (Lipinski definition) is 0. The lowest BCUT2D eigenvalue weighted by Crippen LogP contribution is -2.11. The van der Waals surface area contributed by atoms with Crippen LogP contribution < -0.4 is 9.80 Å². The van der Waals surface area contributed by atoms with Gasteiger partial charge in [-0.3, -0.25) is 0 Å². The smallest absolute Gasteiger partial charge is 0.0540 e. The van der Waals surface area contributed by atoms with Gasteiger partial charge in [-0.25, -0.2) is 0 Å². The van der Waals surface area contributed by atoms with Crippen LogP contribution in [0.2, 0.25) is 0 Å². The van der Waals surface area contributed by atoms with Crippen molar-refractivity contribution in [1.29, 1.82) is 0 Å². The lowest BCUT2D eigenvalue weighted by atomic mass is 9.88. The Balaban J connectivity index is 0.976. The minimum absolute atomic E-state index is 1.10. The predicted molar refractivity (Wildman–Crippen MR) is 316 cm³/mol. The van der Waals surface area contributed by atoms with Gasteiger partial charge in [-0.2, -0.15) is 0 Å². The normalized spacial score (nSPS) is 11.6. The summed E-state index contributed by atoms with van der Waals surface area (Å²) < 4.78 is 0. The van der Waals surface area contributed by atoms with Crippen LogP contribution in [0.15, 0.2) is 231 Å². The first kappa shape index (κ1) is 45.2. The largest absolute Gasteiger partial charge is 0.310 e. The maximum Gasteiger partial charge on any atom is 0.0540 e. The molecule has 350 valence electrons. The van der Waals surface area contributed by atoms with Crippen molar-refractivity contribution in [2.24, 2.45) is 0 Å². The first-order valence-electron chi connectivity index (χ1n) is 25.4. The quantitative estimate of drug-likeness (QED) is 0.0724. The molecule has 12 aromatic rings. The van der Waals surface area contributed by atoms with Gasteiger partial charge in [0.05, 0.1) is 11.4 Å². The molecule has 0 spiro atoms. The molecule has 0 aliphatic rings. The lowest BCUT2D eigenvalue weighted by molar-refractivity contribution is 1.29. The fourth-order valence-corrected chi connectivity index (χ4v) is 10.6. The van der Waals surface area contributed by atoms with Gasteiger partial charge in [-0.15, -0.1) is 0 Å². The van der Waals surface area contributed by atoms with Gasteiger partial charge in [-0.05, 0) is 167 Å². The number of rotatable bonds is 11. The Morgan fingerprint density at radius 3 is 0.945 bits per heavy atom. The molecule has 0 aliphatic heterocycles. The maximum atomic E-state index is 2.43. The molecule has 2 nitrogen and oxygen atoms in total. The van der Waals surface area contributed by atoms with Crippen LogP contribution in [-0.4, -0.2) is 0 Å². The predicted octanol–water partition coefficient (Wildman–Crippen LogP) is 20.0. The van der Waals surface area contributed by atoms with Crippen molar-refractivity contribution in [2.75, 3.05) is 9.80 Å². The molecule has 73 heavy (non-hydrogen) atoms. The van der Waals surface area contributed by atoms with E-state index >= 15 is 0 Å². The van der Waals surface area contributed by atoms with Crippen molar-refractivity contribution < 1.29 is 0 Å². The Hall–Kier alpha value is -8.98. The van der Waals surface area contributed by atoms with E-state index in [1.807, 2.05) is 0 Å². The molecule has 12 rings (SSSR count). The van der Waals surface area contributed by atoms with Gasteiger partial charge in [0, 0.05) is 33.5 Å². The Kier molecular flexibility index (Phi) is 11.7. The van der Waals surface area contributed by atoms with E-state index in [4.69, 9.17) is 0 Å². The van der Waals surface area contributed by atoms with Gasteiger partial charge >= 0.3 is 0 Å². The summed E-state index contributed by atoms with van der Waals surface area (Å²) in [6.45, 7) is 10.7. The van der Waals surface area contributed by atoms with Gasteiger partial charge in [0.25, 0.3) is 0 Å². The molecule has 12 aromatic carbocycles. The lowest BCUT2D eigenvalue weighted by Gasteiger charge is -2.29. The molecule has 0 aromatic heterocycles. The number of anilines is 6. The van der Waals surface area contributed by atoms with Gasteiger partial charge in [0.15, 0.2) is 0 Å². The summed E-state index contributed by atoms with van der Waals surface area (Å²) in [6.07, 6.45) is 6.70. The Morgan fingerprint density at radius 2 is 0.562 bits per heavy atom. The fraction of sp³-hybridized carbons (Fsp3) is 0.0704. The van der Waals surface area contributed by atoms with Gasteiger partial charge < -0.3 is 9.80 Å². The van der Waals surface area contributed by atoms with E-state index in [2.05, 4.69) is 293 Å². The maximum absolute atomic E-state index is 2.43. The average Bonchev–Trinajstić information content (AvgIpc) is 3.42. The molecule has 0 atom stereocenters.